The first kappa shape index (κ1) is 24.5. The second-order valence-electron chi connectivity index (χ2n) is 9.59. The molecule has 2 aromatic carbocycles. The summed E-state index contributed by atoms with van der Waals surface area (Å²) in [5, 5.41) is 6.01. The minimum Gasteiger partial charge on any atom is -0.454 e. The molecule has 0 aliphatic carbocycles. The van der Waals surface area contributed by atoms with Gasteiger partial charge in [0.1, 0.15) is 0 Å². The Balaban J connectivity index is 1.000. The number of ether oxygens (including phenoxy) is 3. The maximum Gasteiger partial charge on any atom is 0.234 e. The molecule has 0 radical (unpaired) electrons. The molecule has 0 unspecified atom stereocenters. The van der Waals surface area contributed by atoms with Crippen LogP contribution >= 0.6 is 0 Å². The summed E-state index contributed by atoms with van der Waals surface area (Å²) in [5.41, 5.74) is 3.07. The molecule has 192 valence electrons. The lowest BCUT2D eigenvalue weighted by Gasteiger charge is -2.30. The van der Waals surface area contributed by atoms with E-state index in [9.17, 15) is 9.59 Å². The van der Waals surface area contributed by atoms with Gasteiger partial charge >= 0.3 is 0 Å². The van der Waals surface area contributed by atoms with Crippen LogP contribution in [0, 0.1) is 5.92 Å². The SMILES string of the molecule is O=C(CN1CCC(C(=O)Nc2ccc3c(c2)OCO3)CC1)NCc1ccc(CN2CCOCC2)cc1. The largest absolute Gasteiger partial charge is 0.454 e. The molecule has 5 rings (SSSR count). The van der Waals surface area contributed by atoms with Crippen molar-refractivity contribution in [2.24, 2.45) is 5.92 Å². The highest BCUT2D eigenvalue weighted by atomic mass is 16.7. The van der Waals surface area contributed by atoms with Gasteiger partial charge in [-0.1, -0.05) is 24.3 Å². The van der Waals surface area contributed by atoms with Crippen LogP contribution in [0.5, 0.6) is 11.5 Å². The first-order valence-electron chi connectivity index (χ1n) is 12.7. The lowest BCUT2D eigenvalue weighted by atomic mass is 9.95. The number of hydrogen-bond donors (Lipinski definition) is 2. The number of amides is 2. The van der Waals surface area contributed by atoms with Crippen molar-refractivity contribution < 1.29 is 23.8 Å². The molecule has 2 amide bonds. The Kier molecular flexibility index (Phi) is 8.00. The van der Waals surface area contributed by atoms with E-state index in [1.807, 2.05) is 6.07 Å². The average Bonchev–Trinajstić information content (AvgIpc) is 3.37. The molecule has 2 aromatic rings. The van der Waals surface area contributed by atoms with Crippen molar-refractivity contribution in [1.29, 1.82) is 0 Å². The Morgan fingerprint density at radius 2 is 1.58 bits per heavy atom. The van der Waals surface area contributed by atoms with Crippen LogP contribution in [0.2, 0.25) is 0 Å². The van der Waals surface area contributed by atoms with Gasteiger partial charge < -0.3 is 24.8 Å². The van der Waals surface area contributed by atoms with Gasteiger partial charge in [0.15, 0.2) is 11.5 Å². The molecule has 3 aliphatic heterocycles. The Bertz CT molecular complexity index is 1050. The van der Waals surface area contributed by atoms with Crippen LogP contribution < -0.4 is 20.1 Å². The molecule has 2 N–H and O–H groups in total. The molecule has 36 heavy (non-hydrogen) atoms. The van der Waals surface area contributed by atoms with E-state index in [1.54, 1.807) is 12.1 Å². The average molecular weight is 495 g/mol. The number of carbonyl (C=O) groups excluding carboxylic acids is 2. The van der Waals surface area contributed by atoms with Crippen LogP contribution in [-0.4, -0.2) is 74.3 Å². The number of nitrogens with one attached hydrogen (secondary N) is 2. The summed E-state index contributed by atoms with van der Waals surface area (Å²) in [6.45, 7) is 7.01. The van der Waals surface area contributed by atoms with Crippen molar-refractivity contribution in [2.75, 3.05) is 58.0 Å². The van der Waals surface area contributed by atoms with E-state index in [2.05, 4.69) is 44.7 Å². The first-order valence-corrected chi connectivity index (χ1v) is 12.7. The van der Waals surface area contributed by atoms with Crippen molar-refractivity contribution in [1.82, 2.24) is 15.1 Å². The Morgan fingerprint density at radius 3 is 2.36 bits per heavy atom. The second kappa shape index (κ2) is 11.7. The van der Waals surface area contributed by atoms with Gasteiger partial charge in [0.2, 0.25) is 18.6 Å². The zero-order valence-electron chi connectivity index (χ0n) is 20.5. The smallest absolute Gasteiger partial charge is 0.234 e. The van der Waals surface area contributed by atoms with Gasteiger partial charge in [0.05, 0.1) is 19.8 Å². The van der Waals surface area contributed by atoms with Gasteiger partial charge in [-0.25, -0.2) is 0 Å². The molecule has 0 bridgehead atoms. The first-order chi connectivity index (χ1) is 17.6. The third-order valence-corrected chi connectivity index (χ3v) is 6.99. The monoisotopic (exact) mass is 494 g/mol. The fourth-order valence-electron chi connectivity index (χ4n) is 4.81. The summed E-state index contributed by atoms with van der Waals surface area (Å²) < 4.78 is 16.1. The van der Waals surface area contributed by atoms with Gasteiger partial charge in [-0.3, -0.25) is 19.4 Å². The number of rotatable bonds is 8. The lowest BCUT2D eigenvalue weighted by molar-refractivity contribution is -0.123. The van der Waals surface area contributed by atoms with Crippen LogP contribution in [0.4, 0.5) is 5.69 Å². The Morgan fingerprint density at radius 1 is 0.861 bits per heavy atom. The highest BCUT2D eigenvalue weighted by Crippen LogP contribution is 2.34. The Labute approximate surface area is 211 Å². The molecule has 2 fully saturated rings. The molecule has 3 aliphatic rings. The topological polar surface area (TPSA) is 92.4 Å². The normalized spacial score (nSPS) is 18.7. The van der Waals surface area contributed by atoms with Crippen LogP contribution in [-0.2, 0) is 27.4 Å². The summed E-state index contributed by atoms with van der Waals surface area (Å²) in [6.07, 6.45) is 1.46. The number of morpholine rings is 1. The predicted octanol–water partition coefficient (Wildman–Crippen LogP) is 2.21. The summed E-state index contributed by atoms with van der Waals surface area (Å²) in [4.78, 5) is 29.7. The lowest BCUT2D eigenvalue weighted by Crippen LogP contribution is -2.43. The molecular weight excluding hydrogens is 460 g/mol. The van der Waals surface area contributed by atoms with E-state index in [-0.39, 0.29) is 24.5 Å². The number of piperidine rings is 1. The van der Waals surface area contributed by atoms with Crippen molar-refractivity contribution in [3.05, 3.63) is 53.6 Å². The van der Waals surface area contributed by atoms with Crippen molar-refractivity contribution >= 4 is 17.5 Å². The summed E-state index contributed by atoms with van der Waals surface area (Å²) in [6, 6.07) is 13.9. The van der Waals surface area contributed by atoms with E-state index in [4.69, 9.17) is 14.2 Å². The molecule has 0 atom stereocenters. The molecule has 0 spiro atoms. The molecule has 2 saturated heterocycles. The third-order valence-electron chi connectivity index (χ3n) is 6.99. The molecule has 9 heteroatoms. The van der Waals surface area contributed by atoms with Crippen LogP contribution in [0.1, 0.15) is 24.0 Å². The zero-order valence-corrected chi connectivity index (χ0v) is 20.5. The number of carbonyl (C=O) groups is 2. The fraction of sp³-hybridized carbons (Fsp3) is 0.481. The van der Waals surface area contributed by atoms with Crippen LogP contribution in [0.15, 0.2) is 42.5 Å². The zero-order chi connectivity index (χ0) is 24.7. The summed E-state index contributed by atoms with van der Waals surface area (Å²) in [7, 11) is 0. The molecular formula is C27H34N4O5. The van der Waals surface area contributed by atoms with Gasteiger partial charge in [-0.2, -0.15) is 0 Å². The highest BCUT2D eigenvalue weighted by Gasteiger charge is 2.26. The van der Waals surface area contributed by atoms with E-state index in [1.165, 1.54) is 5.56 Å². The van der Waals surface area contributed by atoms with Crippen LogP contribution in [0.25, 0.3) is 0 Å². The van der Waals surface area contributed by atoms with Gasteiger partial charge in [-0.15, -0.1) is 0 Å². The number of anilines is 1. The molecule has 9 nitrogen and oxygen atoms in total. The third kappa shape index (κ3) is 6.54. The van der Waals surface area contributed by atoms with Gasteiger partial charge in [0, 0.05) is 43.9 Å². The minimum atomic E-state index is -0.0642. The summed E-state index contributed by atoms with van der Waals surface area (Å²) >= 11 is 0. The van der Waals surface area contributed by atoms with Crippen molar-refractivity contribution in [2.45, 2.75) is 25.9 Å². The number of benzene rings is 2. The molecule has 0 saturated carbocycles. The fourth-order valence-corrected chi connectivity index (χ4v) is 4.81. The number of fused-ring (bicyclic) bond motifs is 1. The van der Waals surface area contributed by atoms with Gasteiger partial charge in [-0.05, 0) is 49.2 Å². The van der Waals surface area contributed by atoms with Crippen molar-refractivity contribution in [3.8, 4) is 11.5 Å². The van der Waals surface area contributed by atoms with Crippen molar-refractivity contribution in [3.63, 3.8) is 0 Å². The number of nitrogens with zero attached hydrogens (tertiary/aromatic N) is 2. The standard InChI is InChI=1S/C27H34N4O5/c32-26(28-16-20-1-3-21(4-2-20)17-31-11-13-34-14-12-31)18-30-9-7-22(8-10-30)27(33)29-23-5-6-24-25(15-23)36-19-35-24/h1-6,15,22H,7-14,16-19H2,(H,28,32)(H,29,33). The summed E-state index contributed by atoms with van der Waals surface area (Å²) in [5.74, 6) is 1.30. The highest BCUT2D eigenvalue weighted by molar-refractivity contribution is 5.93. The van der Waals surface area contributed by atoms with E-state index < -0.39 is 0 Å². The maximum absolute atomic E-state index is 12.7. The van der Waals surface area contributed by atoms with Gasteiger partial charge in [0.25, 0.3) is 0 Å². The quantitative estimate of drug-likeness (QED) is 0.581. The number of likely N-dealkylation sites (tertiary alicyclic amines) is 1. The molecule has 3 heterocycles. The van der Waals surface area contributed by atoms with Crippen LogP contribution in [0.3, 0.4) is 0 Å². The molecule has 0 aromatic heterocycles. The Hall–Kier alpha value is -3.14. The van der Waals surface area contributed by atoms with E-state index in [0.717, 1.165) is 64.3 Å². The van der Waals surface area contributed by atoms with E-state index >= 15 is 0 Å². The van der Waals surface area contributed by atoms with E-state index in [0.29, 0.717) is 30.3 Å². The maximum atomic E-state index is 12.7. The number of hydrogen-bond acceptors (Lipinski definition) is 7. The second-order valence-corrected chi connectivity index (χ2v) is 9.59. The minimum absolute atomic E-state index is 0.00929. The predicted molar refractivity (Wildman–Crippen MR) is 135 cm³/mol.